The van der Waals surface area contributed by atoms with E-state index in [4.69, 9.17) is 4.98 Å². The molecule has 2 aliphatic rings. The Morgan fingerprint density at radius 2 is 1.76 bits per heavy atom. The van der Waals surface area contributed by atoms with Gasteiger partial charge in [0, 0.05) is 11.7 Å². The lowest BCUT2D eigenvalue weighted by Gasteiger charge is -2.30. The molecule has 2 heteroatoms. The minimum Gasteiger partial charge on any atom is -0.329 e. The first-order chi connectivity index (χ1) is 8.25. The Hall–Kier alpha value is -0.790. The van der Waals surface area contributed by atoms with Crippen LogP contribution in [0.2, 0.25) is 0 Å². The lowest BCUT2D eigenvalue weighted by Crippen LogP contribution is -2.20. The van der Waals surface area contributed by atoms with Crippen LogP contribution >= 0.6 is 0 Å². The second kappa shape index (κ2) is 4.47. The molecule has 3 rings (SSSR count). The number of nitrogens with zero attached hydrogens (tertiary/aromatic N) is 2. The number of imidazole rings is 1. The van der Waals surface area contributed by atoms with E-state index in [9.17, 15) is 0 Å². The quantitative estimate of drug-likeness (QED) is 0.719. The molecule has 0 aromatic carbocycles. The first-order valence-electron chi connectivity index (χ1n) is 7.32. The van der Waals surface area contributed by atoms with Crippen molar-refractivity contribution in [1.82, 2.24) is 9.55 Å². The minimum atomic E-state index is 0.751. The van der Waals surface area contributed by atoms with Gasteiger partial charge >= 0.3 is 0 Å². The van der Waals surface area contributed by atoms with Crippen LogP contribution in [0, 0.1) is 12.8 Å². The molecular weight excluding hydrogens is 208 g/mol. The SMILES string of the molecule is Cc1nc2c(n1C1CCC(C)CC1)CCCC2. The predicted octanol–water partition coefficient (Wildman–Crippen LogP) is 3.82. The van der Waals surface area contributed by atoms with Crippen molar-refractivity contribution in [1.29, 1.82) is 0 Å². The number of fused-ring (bicyclic) bond motifs is 1. The van der Waals surface area contributed by atoms with Gasteiger partial charge in [0.1, 0.15) is 5.82 Å². The van der Waals surface area contributed by atoms with Gasteiger partial charge < -0.3 is 4.57 Å². The summed E-state index contributed by atoms with van der Waals surface area (Å²) in [5.41, 5.74) is 2.99. The summed E-state index contributed by atoms with van der Waals surface area (Å²) >= 11 is 0. The van der Waals surface area contributed by atoms with Gasteiger partial charge in [0.25, 0.3) is 0 Å². The highest BCUT2D eigenvalue weighted by atomic mass is 15.1. The Morgan fingerprint density at radius 3 is 2.53 bits per heavy atom. The van der Waals surface area contributed by atoms with Crippen LogP contribution in [0.4, 0.5) is 0 Å². The van der Waals surface area contributed by atoms with Crippen LogP contribution in [0.3, 0.4) is 0 Å². The number of hydrogen-bond donors (Lipinski definition) is 0. The molecule has 0 amide bonds. The molecule has 0 saturated heterocycles. The Kier molecular flexibility index (Phi) is 2.97. The summed E-state index contributed by atoms with van der Waals surface area (Å²) in [5.74, 6) is 2.21. The third-order valence-electron chi connectivity index (χ3n) is 4.70. The second-order valence-corrected chi connectivity index (χ2v) is 6.04. The summed E-state index contributed by atoms with van der Waals surface area (Å²) < 4.78 is 2.60. The molecule has 0 atom stereocenters. The third-order valence-corrected chi connectivity index (χ3v) is 4.70. The summed E-state index contributed by atoms with van der Waals surface area (Å²) in [7, 11) is 0. The predicted molar refractivity (Wildman–Crippen MR) is 70.3 cm³/mol. The highest BCUT2D eigenvalue weighted by Crippen LogP contribution is 2.35. The molecule has 1 aromatic rings. The van der Waals surface area contributed by atoms with E-state index in [-0.39, 0.29) is 0 Å². The van der Waals surface area contributed by atoms with E-state index in [1.165, 1.54) is 62.9 Å². The smallest absolute Gasteiger partial charge is 0.106 e. The summed E-state index contributed by atoms with van der Waals surface area (Å²) in [4.78, 5) is 4.81. The molecule has 1 fully saturated rings. The van der Waals surface area contributed by atoms with Gasteiger partial charge in [0.15, 0.2) is 0 Å². The molecule has 0 unspecified atom stereocenters. The Morgan fingerprint density at radius 1 is 1.06 bits per heavy atom. The van der Waals surface area contributed by atoms with Crippen LogP contribution < -0.4 is 0 Å². The maximum absolute atomic E-state index is 4.81. The monoisotopic (exact) mass is 232 g/mol. The minimum absolute atomic E-state index is 0.751. The summed E-state index contributed by atoms with van der Waals surface area (Å²) in [6, 6.07) is 0.751. The van der Waals surface area contributed by atoms with Crippen molar-refractivity contribution in [3.63, 3.8) is 0 Å². The van der Waals surface area contributed by atoms with Crippen molar-refractivity contribution in [3.8, 4) is 0 Å². The van der Waals surface area contributed by atoms with E-state index in [1.54, 1.807) is 5.69 Å². The van der Waals surface area contributed by atoms with E-state index in [2.05, 4.69) is 18.4 Å². The molecule has 1 saturated carbocycles. The van der Waals surface area contributed by atoms with E-state index in [0.29, 0.717) is 0 Å². The molecule has 0 N–H and O–H groups in total. The third kappa shape index (κ3) is 2.02. The average molecular weight is 232 g/mol. The highest BCUT2D eigenvalue weighted by molar-refractivity contribution is 5.21. The molecule has 0 bridgehead atoms. The first kappa shape index (κ1) is 11.3. The fourth-order valence-corrected chi connectivity index (χ4v) is 3.68. The zero-order valence-corrected chi connectivity index (χ0v) is 11.2. The lowest BCUT2D eigenvalue weighted by molar-refractivity contribution is 0.281. The largest absolute Gasteiger partial charge is 0.329 e. The van der Waals surface area contributed by atoms with E-state index in [0.717, 1.165) is 12.0 Å². The summed E-state index contributed by atoms with van der Waals surface area (Å²) in [6.45, 7) is 4.60. The molecule has 0 spiro atoms. The molecule has 1 heterocycles. The zero-order valence-electron chi connectivity index (χ0n) is 11.2. The maximum Gasteiger partial charge on any atom is 0.106 e. The van der Waals surface area contributed by atoms with Gasteiger partial charge in [-0.15, -0.1) is 0 Å². The molecule has 2 aliphatic carbocycles. The van der Waals surface area contributed by atoms with Gasteiger partial charge in [-0.25, -0.2) is 4.98 Å². The highest BCUT2D eigenvalue weighted by Gasteiger charge is 2.26. The fourth-order valence-electron chi connectivity index (χ4n) is 3.68. The van der Waals surface area contributed by atoms with Crippen molar-refractivity contribution < 1.29 is 0 Å². The van der Waals surface area contributed by atoms with Gasteiger partial charge in [0.2, 0.25) is 0 Å². The zero-order chi connectivity index (χ0) is 11.8. The van der Waals surface area contributed by atoms with Gasteiger partial charge in [-0.2, -0.15) is 0 Å². The summed E-state index contributed by atoms with van der Waals surface area (Å²) in [6.07, 6.45) is 10.7. The first-order valence-corrected chi connectivity index (χ1v) is 7.32. The average Bonchev–Trinajstić information content (AvgIpc) is 2.66. The molecule has 94 valence electrons. The second-order valence-electron chi connectivity index (χ2n) is 6.04. The van der Waals surface area contributed by atoms with Crippen molar-refractivity contribution >= 4 is 0 Å². The van der Waals surface area contributed by atoms with Crippen LogP contribution in [-0.4, -0.2) is 9.55 Å². The van der Waals surface area contributed by atoms with Gasteiger partial charge in [-0.3, -0.25) is 0 Å². The fraction of sp³-hybridized carbons (Fsp3) is 0.800. The number of aromatic nitrogens is 2. The van der Waals surface area contributed by atoms with Crippen molar-refractivity contribution in [2.24, 2.45) is 5.92 Å². The van der Waals surface area contributed by atoms with Crippen molar-refractivity contribution in [3.05, 3.63) is 17.2 Å². The van der Waals surface area contributed by atoms with E-state index < -0.39 is 0 Å². The molecule has 0 radical (unpaired) electrons. The molecular formula is C15H24N2. The van der Waals surface area contributed by atoms with Crippen molar-refractivity contribution in [2.75, 3.05) is 0 Å². The summed E-state index contributed by atoms with van der Waals surface area (Å²) in [5, 5.41) is 0. The van der Waals surface area contributed by atoms with Crippen LogP contribution in [0.1, 0.15) is 68.7 Å². The van der Waals surface area contributed by atoms with E-state index >= 15 is 0 Å². The lowest BCUT2D eigenvalue weighted by atomic mass is 9.87. The number of hydrogen-bond acceptors (Lipinski definition) is 1. The van der Waals surface area contributed by atoms with Crippen LogP contribution in [-0.2, 0) is 12.8 Å². The molecule has 17 heavy (non-hydrogen) atoms. The van der Waals surface area contributed by atoms with Crippen LogP contribution in [0.5, 0.6) is 0 Å². The standard InChI is InChI=1S/C15H24N2/c1-11-7-9-13(10-8-11)17-12(2)16-14-5-3-4-6-15(14)17/h11,13H,3-10H2,1-2H3. The number of rotatable bonds is 1. The maximum atomic E-state index is 4.81. The van der Waals surface area contributed by atoms with Gasteiger partial charge in [-0.05, 0) is 64.2 Å². The topological polar surface area (TPSA) is 17.8 Å². The molecule has 1 aromatic heterocycles. The van der Waals surface area contributed by atoms with Crippen LogP contribution in [0.15, 0.2) is 0 Å². The Bertz CT molecular complexity index is 397. The van der Waals surface area contributed by atoms with Crippen molar-refractivity contribution in [2.45, 2.75) is 71.3 Å². The van der Waals surface area contributed by atoms with Crippen LogP contribution in [0.25, 0.3) is 0 Å². The van der Waals surface area contributed by atoms with E-state index in [1.807, 2.05) is 0 Å². The molecule has 2 nitrogen and oxygen atoms in total. The normalized spacial score (nSPS) is 29.1. The molecule has 0 aliphatic heterocycles. The Balaban J connectivity index is 1.89. The van der Waals surface area contributed by atoms with Gasteiger partial charge in [0.05, 0.1) is 5.69 Å². The Labute approximate surface area is 104 Å². The number of aryl methyl sites for hydroxylation is 2. The van der Waals surface area contributed by atoms with Gasteiger partial charge in [-0.1, -0.05) is 6.92 Å².